The van der Waals surface area contributed by atoms with E-state index in [-0.39, 0.29) is 18.2 Å². The summed E-state index contributed by atoms with van der Waals surface area (Å²) in [6.45, 7) is 0.317. The Hall–Kier alpha value is -2.54. The maximum Gasteiger partial charge on any atom is 0.405 e. The van der Waals surface area contributed by atoms with Gasteiger partial charge in [-0.15, -0.1) is 11.3 Å². The Morgan fingerprint density at radius 3 is 2.48 bits per heavy atom. The minimum absolute atomic E-state index is 0.0377. The first kappa shape index (κ1) is 21.7. The number of aryl methyl sites for hydroxylation is 1. The van der Waals surface area contributed by atoms with Crippen molar-refractivity contribution < 1.29 is 28.5 Å². The van der Waals surface area contributed by atoms with Gasteiger partial charge < -0.3 is 26.0 Å². The van der Waals surface area contributed by atoms with E-state index in [9.17, 15) is 28.5 Å². The molecule has 8 nitrogen and oxygen atoms in total. The number of thiazole rings is 1. The third-order valence-electron chi connectivity index (χ3n) is 5.02. The van der Waals surface area contributed by atoms with E-state index in [0.717, 1.165) is 10.2 Å². The lowest BCUT2D eigenvalue weighted by Gasteiger charge is -2.21. The Morgan fingerprint density at radius 2 is 1.84 bits per heavy atom. The van der Waals surface area contributed by atoms with Crippen molar-refractivity contribution in [3.8, 4) is 10.6 Å². The third kappa shape index (κ3) is 4.56. The van der Waals surface area contributed by atoms with Gasteiger partial charge in [-0.1, -0.05) is 12.1 Å². The number of nitrogens with one attached hydrogen (secondary N) is 2. The normalized spacial score (nSPS) is 24.0. The van der Waals surface area contributed by atoms with Crippen LogP contribution < -0.4 is 10.6 Å². The molecule has 2 aromatic heterocycles. The molecule has 0 unspecified atom stereocenters. The highest BCUT2D eigenvalue weighted by molar-refractivity contribution is 7.21. The lowest BCUT2D eigenvalue weighted by Crippen LogP contribution is -2.36. The van der Waals surface area contributed by atoms with Crippen LogP contribution in [0, 0.1) is 6.92 Å². The van der Waals surface area contributed by atoms with Crippen molar-refractivity contribution in [3.05, 3.63) is 30.0 Å². The summed E-state index contributed by atoms with van der Waals surface area (Å²) < 4.78 is 38.8. The van der Waals surface area contributed by atoms with Gasteiger partial charge in [-0.2, -0.15) is 18.2 Å². The van der Waals surface area contributed by atoms with Crippen molar-refractivity contribution in [1.29, 1.82) is 0 Å². The van der Waals surface area contributed by atoms with E-state index in [1.165, 1.54) is 11.3 Å². The summed E-state index contributed by atoms with van der Waals surface area (Å²) in [5.41, 5.74) is 1.61. The van der Waals surface area contributed by atoms with Crippen molar-refractivity contribution >= 4 is 33.3 Å². The summed E-state index contributed by atoms with van der Waals surface area (Å²) in [5.74, 6) is -0.0858. The van der Waals surface area contributed by atoms with Gasteiger partial charge in [0.2, 0.25) is 5.95 Å². The zero-order valence-corrected chi connectivity index (χ0v) is 17.1. The number of anilines is 2. The van der Waals surface area contributed by atoms with E-state index in [1.54, 1.807) is 6.92 Å². The van der Waals surface area contributed by atoms with Crippen LogP contribution in [-0.4, -0.2) is 67.3 Å². The molecular weight excluding hydrogens is 435 g/mol. The molecule has 4 rings (SSSR count). The lowest BCUT2D eigenvalue weighted by atomic mass is 10.1. The number of aliphatic hydroxyl groups is 3. The Labute approximate surface area is 178 Å². The van der Waals surface area contributed by atoms with E-state index in [4.69, 9.17) is 0 Å². The van der Waals surface area contributed by atoms with Crippen molar-refractivity contribution in [1.82, 2.24) is 15.0 Å². The van der Waals surface area contributed by atoms with Crippen LogP contribution in [0.25, 0.3) is 20.8 Å². The molecule has 1 aromatic carbocycles. The number of hydrogen-bond donors (Lipinski definition) is 5. The van der Waals surface area contributed by atoms with E-state index in [0.29, 0.717) is 16.3 Å². The molecule has 3 aromatic rings. The molecule has 1 saturated carbocycles. The van der Waals surface area contributed by atoms with Crippen molar-refractivity contribution in [3.63, 3.8) is 0 Å². The highest BCUT2D eigenvalue weighted by atomic mass is 32.1. The summed E-state index contributed by atoms with van der Waals surface area (Å²) in [5, 5.41) is 35.6. The average molecular weight is 455 g/mol. The Morgan fingerprint density at radius 1 is 1.10 bits per heavy atom. The SMILES string of the molecule is Cc1nc(NCC(F)(F)F)nc(N[C@@H]2C[C@H](O)[C@@H](O)[C@H]2O)c1-c1nc2ccccc2s1. The van der Waals surface area contributed by atoms with Crippen LogP contribution in [0.1, 0.15) is 12.1 Å². The monoisotopic (exact) mass is 455 g/mol. The molecule has 31 heavy (non-hydrogen) atoms. The second kappa shape index (κ2) is 8.19. The first-order chi connectivity index (χ1) is 14.6. The van der Waals surface area contributed by atoms with Crippen molar-refractivity contribution in [2.24, 2.45) is 0 Å². The van der Waals surface area contributed by atoms with Crippen LogP contribution in [0.15, 0.2) is 24.3 Å². The highest BCUT2D eigenvalue weighted by Gasteiger charge is 2.41. The second-order valence-corrected chi connectivity index (χ2v) is 8.38. The predicted molar refractivity (Wildman–Crippen MR) is 110 cm³/mol. The molecule has 2 heterocycles. The summed E-state index contributed by atoms with van der Waals surface area (Å²) in [7, 11) is 0. The van der Waals surface area contributed by atoms with E-state index in [1.807, 2.05) is 24.3 Å². The van der Waals surface area contributed by atoms with Gasteiger partial charge in [0.15, 0.2) is 0 Å². The smallest absolute Gasteiger partial charge is 0.390 e. The van der Waals surface area contributed by atoms with Gasteiger partial charge in [0.1, 0.15) is 29.6 Å². The van der Waals surface area contributed by atoms with Crippen molar-refractivity contribution in [2.75, 3.05) is 17.2 Å². The molecule has 1 fully saturated rings. The average Bonchev–Trinajstić information content (AvgIpc) is 3.22. The third-order valence-corrected chi connectivity index (χ3v) is 6.07. The fourth-order valence-electron chi connectivity index (χ4n) is 3.50. The topological polar surface area (TPSA) is 123 Å². The molecule has 12 heteroatoms. The summed E-state index contributed by atoms with van der Waals surface area (Å²) in [6, 6.07) is 6.69. The highest BCUT2D eigenvalue weighted by Crippen LogP contribution is 2.37. The standard InChI is InChI=1S/C19H20F3N5O3S/c1-8-13(17-26-9-4-2-3-5-12(9)31-17)16(25-10-6-11(28)15(30)14(10)29)27-18(24-8)23-7-19(20,21)22/h2-5,10-11,14-15,28-30H,6-7H2,1H3,(H2,23,24,25,27)/t10-,11+,14+,15-/m1/s1. The molecule has 0 amide bonds. The Bertz CT molecular complexity index is 1060. The number of rotatable bonds is 5. The lowest BCUT2D eigenvalue weighted by molar-refractivity contribution is -0.115. The molecule has 0 radical (unpaired) electrons. The largest absolute Gasteiger partial charge is 0.405 e. The number of hydrogen-bond acceptors (Lipinski definition) is 9. The van der Waals surface area contributed by atoms with Gasteiger partial charge in [0.05, 0.1) is 33.6 Å². The van der Waals surface area contributed by atoms with Crippen LogP contribution in [0.5, 0.6) is 0 Å². The van der Waals surface area contributed by atoms with Gasteiger partial charge in [-0.05, 0) is 25.5 Å². The van der Waals surface area contributed by atoms with Gasteiger partial charge in [0, 0.05) is 0 Å². The Balaban J connectivity index is 1.75. The number of para-hydroxylation sites is 1. The number of nitrogens with zero attached hydrogens (tertiary/aromatic N) is 3. The van der Waals surface area contributed by atoms with Crippen LogP contribution >= 0.6 is 11.3 Å². The van der Waals surface area contributed by atoms with Crippen molar-refractivity contribution in [2.45, 2.75) is 43.9 Å². The summed E-state index contributed by atoms with van der Waals surface area (Å²) in [6.07, 6.45) is -8.17. The number of benzene rings is 1. The van der Waals surface area contributed by atoms with Crippen LogP contribution in [-0.2, 0) is 0 Å². The molecular formula is C19H20F3N5O3S. The van der Waals surface area contributed by atoms with Crippen LogP contribution in [0.4, 0.5) is 24.9 Å². The zero-order valence-electron chi connectivity index (χ0n) is 16.3. The molecule has 4 atom stereocenters. The van der Waals surface area contributed by atoms with Gasteiger partial charge in [0.25, 0.3) is 0 Å². The van der Waals surface area contributed by atoms with Gasteiger partial charge in [-0.25, -0.2) is 9.97 Å². The molecule has 0 aliphatic heterocycles. The number of fused-ring (bicyclic) bond motifs is 1. The Kier molecular flexibility index (Phi) is 5.73. The predicted octanol–water partition coefficient (Wildman–Crippen LogP) is 2.30. The molecule has 166 valence electrons. The number of aromatic nitrogens is 3. The first-order valence-electron chi connectivity index (χ1n) is 9.48. The molecule has 0 saturated heterocycles. The molecule has 1 aliphatic carbocycles. The van der Waals surface area contributed by atoms with Gasteiger partial charge in [-0.3, -0.25) is 0 Å². The fraction of sp³-hybridized carbons (Fsp3) is 0.421. The zero-order chi connectivity index (χ0) is 22.3. The number of aliphatic hydroxyl groups excluding tert-OH is 3. The minimum atomic E-state index is -4.45. The maximum atomic E-state index is 12.6. The van der Waals surface area contributed by atoms with Crippen LogP contribution in [0.3, 0.4) is 0 Å². The summed E-state index contributed by atoms with van der Waals surface area (Å²) in [4.78, 5) is 12.9. The van der Waals surface area contributed by atoms with Crippen LogP contribution in [0.2, 0.25) is 0 Å². The molecule has 0 bridgehead atoms. The molecule has 0 spiro atoms. The summed E-state index contributed by atoms with van der Waals surface area (Å²) >= 11 is 1.37. The minimum Gasteiger partial charge on any atom is -0.390 e. The molecule has 5 N–H and O–H groups in total. The first-order valence-corrected chi connectivity index (χ1v) is 10.3. The van der Waals surface area contributed by atoms with E-state index < -0.39 is 37.1 Å². The van der Waals surface area contributed by atoms with Gasteiger partial charge >= 0.3 is 6.18 Å². The molecule has 1 aliphatic rings. The second-order valence-electron chi connectivity index (χ2n) is 7.35. The van der Waals surface area contributed by atoms with E-state index in [2.05, 4.69) is 25.6 Å². The van der Waals surface area contributed by atoms with E-state index >= 15 is 0 Å². The quantitative estimate of drug-likeness (QED) is 0.397. The fourth-order valence-corrected chi connectivity index (χ4v) is 4.56. The number of halogens is 3. The maximum absolute atomic E-state index is 12.6. The number of alkyl halides is 3.